The highest BCUT2D eigenvalue weighted by atomic mass is 35.5. The first-order chi connectivity index (χ1) is 17.8. The number of furan rings is 1. The number of amides is 2. The fraction of sp³-hybridized carbons (Fsp3) is 0.231. The van der Waals surface area contributed by atoms with Gasteiger partial charge in [0.15, 0.2) is 0 Å². The van der Waals surface area contributed by atoms with Crippen molar-refractivity contribution in [1.82, 2.24) is 14.5 Å². The molecule has 11 heteroatoms. The van der Waals surface area contributed by atoms with E-state index >= 15 is 0 Å². The predicted molar refractivity (Wildman–Crippen MR) is 142 cm³/mol. The second kappa shape index (κ2) is 11.9. The van der Waals surface area contributed by atoms with Crippen LogP contribution < -0.4 is 21.9 Å². The van der Waals surface area contributed by atoms with Gasteiger partial charge in [-0.05, 0) is 55.3 Å². The van der Waals surface area contributed by atoms with Gasteiger partial charge >= 0.3 is 5.69 Å². The van der Waals surface area contributed by atoms with Gasteiger partial charge in [-0.25, -0.2) is 4.79 Å². The van der Waals surface area contributed by atoms with E-state index in [2.05, 4.69) is 10.6 Å². The molecule has 2 heterocycles. The van der Waals surface area contributed by atoms with Crippen molar-refractivity contribution in [2.75, 3.05) is 5.32 Å². The summed E-state index contributed by atoms with van der Waals surface area (Å²) in [5.41, 5.74) is -0.310. The van der Waals surface area contributed by atoms with Gasteiger partial charge in [-0.15, -0.1) is 0 Å². The zero-order chi connectivity index (χ0) is 26.4. The third kappa shape index (κ3) is 6.69. The van der Waals surface area contributed by atoms with E-state index in [0.29, 0.717) is 51.8 Å². The van der Waals surface area contributed by atoms with Crippen molar-refractivity contribution in [2.45, 2.75) is 38.9 Å². The highest BCUT2D eigenvalue weighted by Gasteiger charge is 2.16. The molecule has 4 rings (SSSR count). The lowest BCUT2D eigenvalue weighted by atomic mass is 10.2. The maximum absolute atomic E-state index is 13.3. The fourth-order valence-electron chi connectivity index (χ4n) is 3.93. The molecular formula is C26H24Cl2N4O5. The Morgan fingerprint density at radius 1 is 0.892 bits per heavy atom. The number of carbonyl (C=O) groups excluding carboxylic acids is 2. The first kappa shape index (κ1) is 26.2. The van der Waals surface area contributed by atoms with Crippen LogP contribution in [0.25, 0.3) is 10.9 Å². The Kier molecular flexibility index (Phi) is 8.47. The van der Waals surface area contributed by atoms with E-state index in [1.54, 1.807) is 36.4 Å². The topological polar surface area (TPSA) is 115 Å². The summed E-state index contributed by atoms with van der Waals surface area (Å²) in [6.07, 6.45) is 2.67. The first-order valence-electron chi connectivity index (χ1n) is 11.6. The molecule has 0 saturated heterocycles. The third-order valence-corrected chi connectivity index (χ3v) is 6.09. The van der Waals surface area contributed by atoms with E-state index in [4.69, 9.17) is 27.6 Å². The molecule has 9 nitrogen and oxygen atoms in total. The van der Waals surface area contributed by atoms with Crippen LogP contribution in [0.2, 0.25) is 10.0 Å². The minimum absolute atomic E-state index is 0.111. The van der Waals surface area contributed by atoms with Crippen LogP contribution in [0, 0.1) is 0 Å². The third-order valence-electron chi connectivity index (χ3n) is 5.66. The monoisotopic (exact) mass is 542 g/mol. The van der Waals surface area contributed by atoms with Gasteiger partial charge in [0.1, 0.15) is 12.3 Å². The number of fused-ring (bicyclic) bond motifs is 1. The Bertz CT molecular complexity index is 1520. The van der Waals surface area contributed by atoms with Crippen LogP contribution in [0.4, 0.5) is 5.69 Å². The lowest BCUT2D eigenvalue weighted by Gasteiger charge is -2.14. The molecule has 2 aromatic heterocycles. The van der Waals surface area contributed by atoms with Crippen LogP contribution in [-0.2, 0) is 29.2 Å². The van der Waals surface area contributed by atoms with Crippen molar-refractivity contribution in [3.05, 3.63) is 97.5 Å². The lowest BCUT2D eigenvalue weighted by Crippen LogP contribution is -2.41. The second-order valence-corrected chi connectivity index (χ2v) is 9.24. The van der Waals surface area contributed by atoms with Crippen LogP contribution in [-0.4, -0.2) is 20.9 Å². The fourth-order valence-corrected chi connectivity index (χ4v) is 4.46. The minimum Gasteiger partial charge on any atom is -0.467 e. The van der Waals surface area contributed by atoms with Crippen LogP contribution in [0.5, 0.6) is 0 Å². The van der Waals surface area contributed by atoms with Gasteiger partial charge in [0, 0.05) is 28.7 Å². The number of unbranched alkanes of at least 4 members (excludes halogenated alkanes) is 1. The normalized spacial score (nSPS) is 11.0. The highest BCUT2D eigenvalue weighted by Crippen LogP contribution is 2.22. The molecule has 0 aliphatic heterocycles. The van der Waals surface area contributed by atoms with Gasteiger partial charge in [0.25, 0.3) is 5.56 Å². The molecule has 0 aliphatic rings. The summed E-state index contributed by atoms with van der Waals surface area (Å²) in [5, 5.41) is 6.47. The van der Waals surface area contributed by atoms with E-state index in [-0.39, 0.29) is 25.4 Å². The number of anilines is 1. The highest BCUT2D eigenvalue weighted by molar-refractivity contribution is 6.35. The lowest BCUT2D eigenvalue weighted by molar-refractivity contribution is -0.121. The maximum Gasteiger partial charge on any atom is 0.331 e. The largest absolute Gasteiger partial charge is 0.467 e. The van der Waals surface area contributed by atoms with Crippen molar-refractivity contribution in [3.63, 3.8) is 0 Å². The molecule has 4 aromatic rings. The molecular weight excluding hydrogens is 519 g/mol. The maximum atomic E-state index is 13.3. The van der Waals surface area contributed by atoms with Crippen molar-refractivity contribution in [3.8, 4) is 0 Å². The zero-order valence-corrected chi connectivity index (χ0v) is 21.2. The van der Waals surface area contributed by atoms with Crippen LogP contribution >= 0.6 is 23.2 Å². The summed E-state index contributed by atoms with van der Waals surface area (Å²) in [6.45, 7) is 0.0859. The molecule has 0 saturated carbocycles. The average Bonchev–Trinajstić information content (AvgIpc) is 3.38. The smallest absolute Gasteiger partial charge is 0.331 e. The number of carbonyl (C=O) groups is 2. The Hall–Kier alpha value is -3.82. The Morgan fingerprint density at radius 3 is 2.38 bits per heavy atom. The zero-order valence-electron chi connectivity index (χ0n) is 19.7. The number of halogens is 2. The average molecular weight is 543 g/mol. The van der Waals surface area contributed by atoms with Gasteiger partial charge in [0.05, 0.1) is 23.7 Å². The molecule has 0 fully saturated rings. The number of para-hydroxylation sites is 1. The van der Waals surface area contributed by atoms with Crippen LogP contribution in [0.1, 0.15) is 25.0 Å². The minimum atomic E-state index is -0.606. The molecule has 2 N–H and O–H groups in total. The summed E-state index contributed by atoms with van der Waals surface area (Å²) in [6, 6.07) is 14.7. The molecule has 37 heavy (non-hydrogen) atoms. The van der Waals surface area contributed by atoms with Crippen molar-refractivity contribution in [2.24, 2.45) is 0 Å². The summed E-state index contributed by atoms with van der Waals surface area (Å²) in [5.74, 6) is 0.0144. The second-order valence-electron chi connectivity index (χ2n) is 8.36. The van der Waals surface area contributed by atoms with E-state index in [9.17, 15) is 19.2 Å². The number of nitrogens with zero attached hydrogens (tertiary/aromatic N) is 2. The summed E-state index contributed by atoms with van der Waals surface area (Å²) >= 11 is 12.0. The Balaban J connectivity index is 1.46. The molecule has 0 spiro atoms. The van der Waals surface area contributed by atoms with Crippen molar-refractivity contribution in [1.29, 1.82) is 0 Å². The number of hydrogen-bond acceptors (Lipinski definition) is 5. The quantitative estimate of drug-likeness (QED) is 0.291. The molecule has 0 bridgehead atoms. The number of nitrogens with one attached hydrogen (secondary N) is 2. The van der Waals surface area contributed by atoms with E-state index in [0.717, 1.165) is 4.57 Å². The molecule has 0 aliphatic carbocycles. The standard InChI is InChI=1S/C26H24Cl2N4O5/c27-17-12-18(28)14-19(13-17)30-24(34)16-32-22-8-2-1-7-21(22)25(35)31(26(32)36)10-4-3-9-23(33)29-15-20-6-5-11-37-20/h1-2,5-8,11-14H,3-4,9-10,15-16H2,(H,29,33)(H,30,34). The summed E-state index contributed by atoms with van der Waals surface area (Å²) in [7, 11) is 0. The van der Waals surface area contributed by atoms with Crippen molar-refractivity contribution < 1.29 is 14.0 Å². The number of benzene rings is 2. The van der Waals surface area contributed by atoms with Crippen LogP contribution in [0.15, 0.2) is 74.9 Å². The number of hydrogen-bond donors (Lipinski definition) is 2. The summed E-state index contributed by atoms with van der Waals surface area (Å²) < 4.78 is 7.54. The Morgan fingerprint density at radius 2 is 1.65 bits per heavy atom. The molecule has 192 valence electrons. The number of rotatable bonds is 10. The predicted octanol–water partition coefficient (Wildman–Crippen LogP) is 4.19. The number of aromatic nitrogens is 2. The molecule has 0 unspecified atom stereocenters. The molecule has 2 aromatic carbocycles. The van der Waals surface area contributed by atoms with E-state index in [1.807, 2.05) is 0 Å². The van der Waals surface area contributed by atoms with Crippen molar-refractivity contribution >= 4 is 51.6 Å². The van der Waals surface area contributed by atoms with E-state index < -0.39 is 17.2 Å². The van der Waals surface area contributed by atoms with Gasteiger partial charge in [-0.2, -0.15) is 0 Å². The Labute approximate surface area is 221 Å². The van der Waals surface area contributed by atoms with Crippen LogP contribution in [0.3, 0.4) is 0 Å². The van der Waals surface area contributed by atoms with E-state index in [1.165, 1.54) is 29.0 Å². The first-order valence-corrected chi connectivity index (χ1v) is 12.3. The van der Waals surface area contributed by atoms with Gasteiger partial charge < -0.3 is 15.1 Å². The van der Waals surface area contributed by atoms with Gasteiger partial charge in [0.2, 0.25) is 11.8 Å². The SMILES string of the molecule is O=C(CCCCn1c(=O)c2ccccc2n(CC(=O)Nc2cc(Cl)cc(Cl)c2)c1=O)NCc1ccco1. The summed E-state index contributed by atoms with van der Waals surface area (Å²) in [4.78, 5) is 51.2. The molecule has 0 radical (unpaired) electrons. The van der Waals surface area contributed by atoms with Gasteiger partial charge in [-0.3, -0.25) is 23.5 Å². The molecule has 0 atom stereocenters. The van der Waals surface area contributed by atoms with Gasteiger partial charge in [-0.1, -0.05) is 35.3 Å². The molecule has 2 amide bonds.